The highest BCUT2D eigenvalue weighted by Gasteiger charge is 2.04. The SMILES string of the molecule is CNC(=O)N/N=C/c1cccc(OC)c1O. The Labute approximate surface area is 92.9 Å². The average Bonchev–Trinajstić information content (AvgIpc) is 2.31. The van der Waals surface area contributed by atoms with Crippen LogP contribution >= 0.6 is 0 Å². The van der Waals surface area contributed by atoms with Crippen molar-refractivity contribution in [2.45, 2.75) is 0 Å². The summed E-state index contributed by atoms with van der Waals surface area (Å²) >= 11 is 0. The Hall–Kier alpha value is -2.24. The van der Waals surface area contributed by atoms with Crippen molar-refractivity contribution in [2.24, 2.45) is 5.10 Å². The molecule has 1 aromatic rings. The second-order valence-electron chi connectivity index (χ2n) is 2.85. The fourth-order valence-corrected chi connectivity index (χ4v) is 1.02. The molecule has 0 unspecified atom stereocenters. The van der Waals surface area contributed by atoms with Gasteiger partial charge in [0.05, 0.1) is 13.3 Å². The Kier molecular flexibility index (Phi) is 4.14. The van der Waals surface area contributed by atoms with Crippen molar-refractivity contribution in [3.63, 3.8) is 0 Å². The monoisotopic (exact) mass is 223 g/mol. The van der Waals surface area contributed by atoms with Gasteiger partial charge in [0.25, 0.3) is 0 Å². The highest BCUT2D eigenvalue weighted by atomic mass is 16.5. The summed E-state index contributed by atoms with van der Waals surface area (Å²) in [5.41, 5.74) is 2.67. The molecule has 0 aliphatic rings. The Morgan fingerprint density at radius 1 is 1.56 bits per heavy atom. The first kappa shape index (κ1) is 11.8. The number of phenols is 1. The van der Waals surface area contributed by atoms with Gasteiger partial charge in [-0.2, -0.15) is 5.10 Å². The second-order valence-corrected chi connectivity index (χ2v) is 2.85. The number of aromatic hydroxyl groups is 1. The number of nitrogens with one attached hydrogen (secondary N) is 2. The van der Waals surface area contributed by atoms with E-state index in [0.29, 0.717) is 11.3 Å². The van der Waals surface area contributed by atoms with Crippen molar-refractivity contribution in [1.29, 1.82) is 0 Å². The zero-order chi connectivity index (χ0) is 12.0. The molecule has 0 bridgehead atoms. The van der Waals surface area contributed by atoms with Gasteiger partial charge in [0.2, 0.25) is 0 Å². The van der Waals surface area contributed by atoms with E-state index in [1.165, 1.54) is 20.4 Å². The Balaban J connectivity index is 2.77. The molecule has 1 aromatic carbocycles. The van der Waals surface area contributed by atoms with E-state index in [1.807, 2.05) is 0 Å². The fraction of sp³-hybridized carbons (Fsp3) is 0.200. The van der Waals surface area contributed by atoms with Crippen LogP contribution in [0.2, 0.25) is 0 Å². The van der Waals surface area contributed by atoms with Gasteiger partial charge < -0.3 is 15.2 Å². The van der Waals surface area contributed by atoms with Crippen LogP contribution in [0.3, 0.4) is 0 Å². The van der Waals surface area contributed by atoms with Crippen LogP contribution in [0.1, 0.15) is 5.56 Å². The number of para-hydroxylation sites is 1. The van der Waals surface area contributed by atoms with Crippen molar-refractivity contribution < 1.29 is 14.6 Å². The van der Waals surface area contributed by atoms with Crippen molar-refractivity contribution in [1.82, 2.24) is 10.7 Å². The van der Waals surface area contributed by atoms with E-state index >= 15 is 0 Å². The van der Waals surface area contributed by atoms with Gasteiger partial charge in [0.1, 0.15) is 0 Å². The number of urea groups is 1. The number of hydrogen-bond donors (Lipinski definition) is 3. The van der Waals surface area contributed by atoms with Crippen molar-refractivity contribution in [3.8, 4) is 11.5 Å². The Morgan fingerprint density at radius 3 is 2.94 bits per heavy atom. The summed E-state index contributed by atoms with van der Waals surface area (Å²) in [6.45, 7) is 0. The molecular formula is C10H13N3O3. The number of amides is 2. The second kappa shape index (κ2) is 5.59. The van der Waals surface area contributed by atoms with Gasteiger partial charge in [-0.1, -0.05) is 6.07 Å². The summed E-state index contributed by atoms with van der Waals surface area (Å²) in [4.78, 5) is 10.8. The minimum atomic E-state index is -0.432. The van der Waals surface area contributed by atoms with E-state index in [-0.39, 0.29) is 5.75 Å². The van der Waals surface area contributed by atoms with Crippen molar-refractivity contribution in [3.05, 3.63) is 23.8 Å². The first-order chi connectivity index (χ1) is 7.69. The van der Waals surface area contributed by atoms with Crippen LogP contribution in [0.25, 0.3) is 0 Å². The minimum absolute atomic E-state index is 0.0209. The summed E-state index contributed by atoms with van der Waals surface area (Å²) in [7, 11) is 2.94. The summed E-state index contributed by atoms with van der Waals surface area (Å²) in [5, 5.41) is 15.7. The largest absolute Gasteiger partial charge is 0.504 e. The lowest BCUT2D eigenvalue weighted by molar-refractivity contribution is 0.243. The third-order valence-corrected chi connectivity index (χ3v) is 1.85. The molecule has 86 valence electrons. The molecule has 0 atom stereocenters. The topological polar surface area (TPSA) is 83.0 Å². The molecule has 0 spiro atoms. The smallest absolute Gasteiger partial charge is 0.334 e. The maximum Gasteiger partial charge on any atom is 0.334 e. The van der Waals surface area contributed by atoms with E-state index in [2.05, 4.69) is 15.8 Å². The van der Waals surface area contributed by atoms with E-state index in [1.54, 1.807) is 18.2 Å². The molecule has 0 saturated carbocycles. The molecular weight excluding hydrogens is 210 g/mol. The van der Waals surface area contributed by atoms with Gasteiger partial charge in [0, 0.05) is 12.6 Å². The molecule has 0 heterocycles. The predicted octanol–water partition coefficient (Wildman–Crippen LogP) is 0.664. The zero-order valence-corrected chi connectivity index (χ0v) is 9.02. The van der Waals surface area contributed by atoms with Crippen molar-refractivity contribution in [2.75, 3.05) is 14.2 Å². The van der Waals surface area contributed by atoms with Gasteiger partial charge in [0.15, 0.2) is 11.5 Å². The summed E-state index contributed by atoms with van der Waals surface area (Å²) in [5.74, 6) is 0.330. The van der Waals surface area contributed by atoms with Gasteiger partial charge in [-0.15, -0.1) is 0 Å². The number of methoxy groups -OCH3 is 1. The lowest BCUT2D eigenvalue weighted by Gasteiger charge is -2.04. The molecule has 0 aromatic heterocycles. The molecule has 2 amide bonds. The maximum absolute atomic E-state index is 10.8. The lowest BCUT2D eigenvalue weighted by Crippen LogP contribution is -2.28. The zero-order valence-electron chi connectivity index (χ0n) is 9.02. The number of carbonyl (C=O) groups is 1. The van der Waals surface area contributed by atoms with Crippen LogP contribution in [0.15, 0.2) is 23.3 Å². The number of ether oxygens (including phenoxy) is 1. The quantitative estimate of drug-likeness (QED) is 0.520. The van der Waals surface area contributed by atoms with Crippen LogP contribution < -0.4 is 15.5 Å². The number of nitrogens with zero attached hydrogens (tertiary/aromatic N) is 1. The van der Waals surface area contributed by atoms with E-state index in [4.69, 9.17) is 4.74 Å². The number of phenolic OH excluding ortho intramolecular Hbond substituents is 1. The Morgan fingerprint density at radius 2 is 2.31 bits per heavy atom. The van der Waals surface area contributed by atoms with Gasteiger partial charge in [-0.05, 0) is 12.1 Å². The highest BCUT2D eigenvalue weighted by molar-refractivity contribution is 5.85. The third kappa shape index (κ3) is 2.88. The van der Waals surface area contributed by atoms with Gasteiger partial charge in [-0.3, -0.25) is 0 Å². The Bertz CT molecular complexity index is 404. The number of carbonyl (C=O) groups excluding carboxylic acids is 1. The molecule has 16 heavy (non-hydrogen) atoms. The molecule has 0 saturated heterocycles. The van der Waals surface area contributed by atoms with Crippen LogP contribution in [0.4, 0.5) is 4.79 Å². The molecule has 1 rings (SSSR count). The molecule has 0 aliphatic carbocycles. The van der Waals surface area contributed by atoms with Gasteiger partial charge in [-0.25, -0.2) is 10.2 Å². The summed E-state index contributed by atoms with van der Waals surface area (Å²) in [6.07, 6.45) is 1.33. The normalized spacial score (nSPS) is 10.1. The van der Waals surface area contributed by atoms with Crippen LogP contribution in [0.5, 0.6) is 11.5 Å². The van der Waals surface area contributed by atoms with E-state index in [9.17, 15) is 9.90 Å². The highest BCUT2D eigenvalue weighted by Crippen LogP contribution is 2.27. The third-order valence-electron chi connectivity index (χ3n) is 1.85. The molecule has 3 N–H and O–H groups in total. The number of hydrogen-bond acceptors (Lipinski definition) is 4. The molecule has 0 radical (unpaired) electrons. The first-order valence-corrected chi connectivity index (χ1v) is 4.55. The molecule has 6 nitrogen and oxygen atoms in total. The van der Waals surface area contributed by atoms with Crippen LogP contribution in [0, 0.1) is 0 Å². The molecule has 0 fully saturated rings. The summed E-state index contributed by atoms with van der Waals surface area (Å²) < 4.78 is 4.92. The fourth-order valence-electron chi connectivity index (χ4n) is 1.02. The summed E-state index contributed by atoms with van der Waals surface area (Å²) in [6, 6.07) is 4.55. The van der Waals surface area contributed by atoms with E-state index < -0.39 is 6.03 Å². The lowest BCUT2D eigenvalue weighted by atomic mass is 10.2. The van der Waals surface area contributed by atoms with Crippen molar-refractivity contribution >= 4 is 12.2 Å². The number of rotatable bonds is 3. The van der Waals surface area contributed by atoms with E-state index in [0.717, 1.165) is 0 Å². The van der Waals surface area contributed by atoms with Crippen LogP contribution in [-0.4, -0.2) is 31.5 Å². The molecule has 0 aliphatic heterocycles. The van der Waals surface area contributed by atoms with Crippen LogP contribution in [-0.2, 0) is 0 Å². The average molecular weight is 223 g/mol. The number of hydrazone groups is 1. The number of benzene rings is 1. The van der Waals surface area contributed by atoms with Gasteiger partial charge >= 0.3 is 6.03 Å². The predicted molar refractivity (Wildman–Crippen MR) is 59.8 cm³/mol. The maximum atomic E-state index is 10.8. The standard InChI is InChI=1S/C10H13N3O3/c1-11-10(15)13-12-6-7-4-3-5-8(16-2)9(7)14/h3-6,14H,1-2H3,(H2,11,13,15)/b12-6+. The first-order valence-electron chi connectivity index (χ1n) is 4.55. The minimum Gasteiger partial charge on any atom is -0.504 e. The molecule has 6 heteroatoms.